The van der Waals surface area contributed by atoms with Crippen LogP contribution in [0.25, 0.3) is 21.9 Å². The number of nitrogens with zero attached hydrogens (tertiary/aromatic N) is 2. The van der Waals surface area contributed by atoms with Gasteiger partial charge >= 0.3 is 6.09 Å². The summed E-state index contributed by atoms with van der Waals surface area (Å²) in [5.74, 6) is 7.97. The standard InChI is InChI=1S/C37H45N5O4.C5H13N/c1-7-34(39-31-22-27(37(2,3)4)23-32(35(31)44-5)40-36(43)45-6)42(38)33-17-16-28(29-10-8-9-11-30(29)33)26-14-12-25(13-15-26)24-41-18-20-46-21-19-41;1-3-4-5-6-2/h7-17,22-23,39H,18-21,24,38H2,1-6H3,(H,40,43);6H,3-5H2,1-2H3. The summed E-state index contributed by atoms with van der Waals surface area (Å²) < 4.78 is 16.1. The number of rotatable bonds is 12. The Morgan fingerprint density at radius 1 is 0.962 bits per heavy atom. The highest BCUT2D eigenvalue weighted by Crippen LogP contribution is 2.41. The molecule has 0 bridgehead atoms. The summed E-state index contributed by atoms with van der Waals surface area (Å²) in [6.07, 6.45) is 3.92. The van der Waals surface area contributed by atoms with E-state index in [1.54, 1.807) is 12.1 Å². The summed E-state index contributed by atoms with van der Waals surface area (Å²) in [6, 6.07) is 25.2. The van der Waals surface area contributed by atoms with Crippen molar-refractivity contribution in [3.63, 3.8) is 0 Å². The van der Waals surface area contributed by atoms with Crippen LogP contribution in [0.3, 0.4) is 0 Å². The first-order chi connectivity index (χ1) is 25.0. The number of unbranched alkanes of at least 4 members (excludes halogenated alkanes) is 1. The van der Waals surface area contributed by atoms with Gasteiger partial charge in [-0.1, -0.05) is 88.7 Å². The number of allylic oxidation sites excluding steroid dienone is 1. The van der Waals surface area contributed by atoms with Gasteiger partial charge in [-0.15, -0.1) is 0 Å². The highest BCUT2D eigenvalue weighted by atomic mass is 16.5. The molecule has 1 fully saturated rings. The zero-order valence-corrected chi connectivity index (χ0v) is 32.3. The fourth-order valence-corrected chi connectivity index (χ4v) is 6.07. The number of amides is 1. The van der Waals surface area contributed by atoms with E-state index >= 15 is 0 Å². The van der Waals surface area contributed by atoms with Crippen LogP contribution in [0.15, 0.2) is 84.7 Å². The second-order valence-corrected chi connectivity index (χ2v) is 13.9. The topological polar surface area (TPSA) is 113 Å². The molecule has 5 rings (SSSR count). The SMILES string of the molecule is CC=C(Nc1cc(C(C)(C)C)cc(NC(=O)OC)c1OC)N(N)c1ccc(-c2ccc(CN3CCOCC3)cc2)c2ccccc12.CCCCNC. The van der Waals surface area contributed by atoms with Crippen molar-refractivity contribution in [1.82, 2.24) is 10.2 Å². The Hall–Kier alpha value is -4.61. The van der Waals surface area contributed by atoms with E-state index in [1.807, 2.05) is 38.2 Å². The minimum atomic E-state index is -0.583. The number of carbonyl (C=O) groups is 1. The number of carbonyl (C=O) groups excluding carboxylic acids is 1. The van der Waals surface area contributed by atoms with Crippen LogP contribution in [-0.4, -0.2) is 65.1 Å². The van der Waals surface area contributed by atoms with Gasteiger partial charge in [0.15, 0.2) is 5.75 Å². The van der Waals surface area contributed by atoms with E-state index in [9.17, 15) is 4.79 Å². The number of methoxy groups -OCH3 is 2. The minimum Gasteiger partial charge on any atom is -0.492 e. The van der Waals surface area contributed by atoms with E-state index < -0.39 is 6.09 Å². The summed E-state index contributed by atoms with van der Waals surface area (Å²) >= 11 is 0. The van der Waals surface area contributed by atoms with E-state index in [1.165, 1.54) is 25.5 Å². The largest absolute Gasteiger partial charge is 0.492 e. The maximum Gasteiger partial charge on any atom is 0.411 e. The van der Waals surface area contributed by atoms with Crippen molar-refractivity contribution in [2.75, 3.05) is 69.8 Å². The molecule has 5 N–H and O–H groups in total. The van der Waals surface area contributed by atoms with Gasteiger partial charge in [0, 0.05) is 25.0 Å². The Morgan fingerprint density at radius 2 is 1.62 bits per heavy atom. The summed E-state index contributed by atoms with van der Waals surface area (Å²) in [5, 5.41) is 13.1. The van der Waals surface area contributed by atoms with Gasteiger partial charge in [-0.25, -0.2) is 10.6 Å². The predicted molar refractivity (Wildman–Crippen MR) is 216 cm³/mol. The normalized spacial score (nSPS) is 13.6. The Labute approximate surface area is 310 Å². The number of hydrazine groups is 1. The molecule has 1 aliphatic heterocycles. The third-order valence-electron chi connectivity index (χ3n) is 9.09. The van der Waals surface area contributed by atoms with Crippen molar-refractivity contribution in [2.24, 2.45) is 5.84 Å². The molecule has 280 valence electrons. The molecule has 0 atom stereocenters. The summed E-state index contributed by atoms with van der Waals surface area (Å²) in [7, 11) is 4.88. The van der Waals surface area contributed by atoms with E-state index in [0.29, 0.717) is 22.9 Å². The lowest BCUT2D eigenvalue weighted by Gasteiger charge is -2.28. The fraction of sp³-hybridized carbons (Fsp3) is 0.405. The second kappa shape index (κ2) is 19.3. The van der Waals surface area contributed by atoms with Crippen LogP contribution < -0.4 is 31.5 Å². The van der Waals surface area contributed by atoms with Gasteiger partial charge < -0.3 is 24.8 Å². The molecule has 1 heterocycles. The molecule has 0 saturated carbocycles. The lowest BCUT2D eigenvalue weighted by molar-refractivity contribution is 0.0342. The molecular weight excluding hydrogens is 652 g/mol. The van der Waals surface area contributed by atoms with Gasteiger partial charge in [0.25, 0.3) is 0 Å². The van der Waals surface area contributed by atoms with Crippen molar-refractivity contribution in [1.29, 1.82) is 0 Å². The zero-order chi connectivity index (χ0) is 37.7. The number of fused-ring (bicyclic) bond motifs is 1. The van der Waals surface area contributed by atoms with E-state index in [4.69, 9.17) is 20.1 Å². The molecule has 0 unspecified atom stereocenters. The van der Waals surface area contributed by atoms with Crippen LogP contribution in [0, 0.1) is 0 Å². The highest BCUT2D eigenvalue weighted by Gasteiger charge is 2.23. The minimum absolute atomic E-state index is 0.208. The molecule has 4 aromatic rings. The molecule has 4 aromatic carbocycles. The number of anilines is 3. The number of benzene rings is 4. The number of ether oxygens (including phenoxy) is 3. The van der Waals surface area contributed by atoms with Gasteiger partial charge in [0.1, 0.15) is 5.82 Å². The number of morpholine rings is 1. The second-order valence-electron chi connectivity index (χ2n) is 13.9. The maximum absolute atomic E-state index is 12.2. The van der Waals surface area contributed by atoms with E-state index in [2.05, 4.69) is 103 Å². The molecule has 10 nitrogen and oxygen atoms in total. The van der Waals surface area contributed by atoms with Crippen LogP contribution in [0.1, 0.15) is 58.6 Å². The average molecular weight is 711 g/mol. The van der Waals surface area contributed by atoms with Crippen LogP contribution in [0.5, 0.6) is 5.75 Å². The van der Waals surface area contributed by atoms with Crippen LogP contribution in [0.2, 0.25) is 0 Å². The van der Waals surface area contributed by atoms with Crippen molar-refractivity contribution >= 4 is 33.9 Å². The molecule has 0 spiro atoms. The number of nitrogens with one attached hydrogen (secondary N) is 3. The Morgan fingerprint density at radius 3 is 2.17 bits per heavy atom. The van der Waals surface area contributed by atoms with E-state index in [-0.39, 0.29) is 5.41 Å². The first-order valence-corrected chi connectivity index (χ1v) is 18.2. The lowest BCUT2D eigenvalue weighted by atomic mass is 9.86. The van der Waals surface area contributed by atoms with Gasteiger partial charge in [-0.05, 0) is 84.3 Å². The summed E-state index contributed by atoms with van der Waals surface area (Å²) in [6.45, 7) is 16.0. The molecule has 52 heavy (non-hydrogen) atoms. The summed E-state index contributed by atoms with van der Waals surface area (Å²) in [5.41, 5.74) is 6.35. The van der Waals surface area contributed by atoms with Crippen LogP contribution >= 0.6 is 0 Å². The molecular formula is C42H58N6O4. The first kappa shape index (κ1) is 40.2. The Kier molecular flexibility index (Phi) is 14.9. The van der Waals surface area contributed by atoms with Crippen molar-refractivity contribution in [3.05, 3.63) is 95.8 Å². The number of hydrogen-bond donors (Lipinski definition) is 4. The zero-order valence-electron chi connectivity index (χ0n) is 32.3. The van der Waals surface area contributed by atoms with Crippen LogP contribution in [0.4, 0.5) is 21.9 Å². The van der Waals surface area contributed by atoms with Gasteiger partial charge in [-0.2, -0.15) is 0 Å². The van der Waals surface area contributed by atoms with Crippen LogP contribution in [-0.2, 0) is 21.4 Å². The monoisotopic (exact) mass is 710 g/mol. The van der Waals surface area contributed by atoms with Crippen molar-refractivity contribution in [3.8, 4) is 16.9 Å². The molecule has 0 aliphatic carbocycles. The number of hydrogen-bond acceptors (Lipinski definition) is 9. The molecule has 1 aliphatic rings. The molecule has 0 radical (unpaired) electrons. The smallest absolute Gasteiger partial charge is 0.411 e. The fourth-order valence-electron chi connectivity index (χ4n) is 6.07. The molecule has 1 amide bonds. The Balaban J connectivity index is 0.000000929. The van der Waals surface area contributed by atoms with Gasteiger partial charge in [-0.3, -0.25) is 15.2 Å². The molecule has 1 saturated heterocycles. The van der Waals surface area contributed by atoms with Gasteiger partial charge in [0.2, 0.25) is 0 Å². The third-order valence-corrected chi connectivity index (χ3v) is 9.09. The molecule has 0 aromatic heterocycles. The average Bonchev–Trinajstić information content (AvgIpc) is 3.15. The summed E-state index contributed by atoms with van der Waals surface area (Å²) in [4.78, 5) is 14.6. The lowest BCUT2D eigenvalue weighted by Crippen LogP contribution is -2.35. The quantitative estimate of drug-likeness (QED) is 0.0653. The third kappa shape index (κ3) is 10.5. The van der Waals surface area contributed by atoms with Gasteiger partial charge in [0.05, 0.1) is 44.5 Å². The Bertz CT molecular complexity index is 1770. The maximum atomic E-state index is 12.2. The highest BCUT2D eigenvalue weighted by molar-refractivity contribution is 6.04. The van der Waals surface area contributed by atoms with E-state index in [0.717, 1.165) is 72.5 Å². The van der Waals surface area contributed by atoms with Crippen molar-refractivity contribution < 1.29 is 19.0 Å². The number of nitrogens with two attached hydrogens (primary N) is 1. The predicted octanol–water partition coefficient (Wildman–Crippen LogP) is 8.48. The molecule has 10 heteroatoms. The van der Waals surface area contributed by atoms with Crippen molar-refractivity contribution in [2.45, 2.75) is 59.4 Å². The first-order valence-electron chi connectivity index (χ1n) is 18.2.